The molecule has 2 aromatic rings. The minimum absolute atomic E-state index is 0.216. The predicted molar refractivity (Wildman–Crippen MR) is 76.2 cm³/mol. The molecule has 2 rings (SSSR count). The van der Waals surface area contributed by atoms with E-state index in [2.05, 4.69) is 15.5 Å². The molecular weight excluding hydrogens is 254 g/mol. The number of hydrogen-bond acceptors (Lipinski definition) is 4. The smallest absolute Gasteiger partial charge is 0.428 e. The van der Waals surface area contributed by atoms with E-state index in [-0.39, 0.29) is 6.61 Å². The van der Waals surface area contributed by atoms with Gasteiger partial charge in [-0.25, -0.2) is 10.2 Å². The summed E-state index contributed by atoms with van der Waals surface area (Å²) in [6.45, 7) is 2.00. The second kappa shape index (κ2) is 7.04. The summed E-state index contributed by atoms with van der Waals surface area (Å²) in [4.78, 5) is 15.5. The van der Waals surface area contributed by atoms with E-state index in [1.807, 2.05) is 42.5 Å². The summed E-state index contributed by atoms with van der Waals surface area (Å²) in [6.07, 6.45) is 2.77. The largest absolute Gasteiger partial charge is 0.443 e. The quantitative estimate of drug-likeness (QED) is 0.685. The average molecular weight is 269 g/mol. The Balaban J connectivity index is 1.83. The summed E-state index contributed by atoms with van der Waals surface area (Å²) < 4.78 is 5.04. The van der Waals surface area contributed by atoms with Crippen molar-refractivity contribution in [1.82, 2.24) is 10.4 Å². The van der Waals surface area contributed by atoms with Gasteiger partial charge >= 0.3 is 6.09 Å². The van der Waals surface area contributed by atoms with E-state index in [1.54, 1.807) is 19.3 Å². The highest BCUT2D eigenvalue weighted by Gasteiger charge is 2.02. The van der Waals surface area contributed by atoms with Crippen LogP contribution in [-0.2, 0) is 11.3 Å². The molecule has 0 saturated heterocycles. The summed E-state index contributed by atoms with van der Waals surface area (Å²) in [6, 6.07) is 13.1. The Hall–Kier alpha value is -2.69. The van der Waals surface area contributed by atoms with Crippen LogP contribution in [0.5, 0.6) is 0 Å². The third-order valence-corrected chi connectivity index (χ3v) is 2.61. The van der Waals surface area contributed by atoms with Crippen LogP contribution in [0, 0.1) is 0 Å². The van der Waals surface area contributed by atoms with Crippen LogP contribution in [0.3, 0.4) is 0 Å². The molecule has 0 unspecified atom stereocenters. The first-order valence-corrected chi connectivity index (χ1v) is 6.17. The van der Waals surface area contributed by atoms with Gasteiger partial charge in [-0.15, -0.1) is 0 Å². The zero-order valence-corrected chi connectivity index (χ0v) is 11.1. The van der Waals surface area contributed by atoms with Gasteiger partial charge in [-0.2, -0.15) is 5.10 Å². The molecule has 0 fully saturated rings. The fourth-order valence-corrected chi connectivity index (χ4v) is 1.53. The van der Waals surface area contributed by atoms with Crippen LogP contribution in [-0.4, -0.2) is 16.8 Å². The Bertz CT molecular complexity index is 583. The van der Waals surface area contributed by atoms with Crippen molar-refractivity contribution in [2.45, 2.75) is 13.5 Å². The second-order valence-electron chi connectivity index (χ2n) is 4.11. The van der Waals surface area contributed by atoms with Crippen LogP contribution in [0.15, 0.2) is 60.0 Å². The number of nitrogens with zero attached hydrogens (tertiary/aromatic N) is 2. The molecule has 0 aliphatic rings. The fourth-order valence-electron chi connectivity index (χ4n) is 1.53. The number of ether oxygens (including phenoxy) is 1. The van der Waals surface area contributed by atoms with E-state index < -0.39 is 6.09 Å². The van der Waals surface area contributed by atoms with Gasteiger partial charge < -0.3 is 4.74 Å². The number of benzene rings is 1. The average Bonchev–Trinajstić information content (AvgIpc) is 2.52. The number of amides is 1. The lowest BCUT2D eigenvalue weighted by Gasteiger charge is -2.04. The number of rotatable bonds is 4. The summed E-state index contributed by atoms with van der Waals surface area (Å²) >= 11 is 0. The Labute approximate surface area is 117 Å². The Kier molecular flexibility index (Phi) is 4.83. The maximum atomic E-state index is 11.5. The van der Waals surface area contributed by atoms with Gasteiger partial charge in [-0.1, -0.05) is 36.4 Å². The van der Waals surface area contributed by atoms with Crippen molar-refractivity contribution < 1.29 is 9.53 Å². The van der Waals surface area contributed by atoms with Crippen molar-refractivity contribution >= 4 is 11.8 Å². The summed E-state index contributed by atoms with van der Waals surface area (Å²) in [5, 5.41) is 3.96. The first kappa shape index (κ1) is 13.7. The number of pyridine rings is 1. The highest BCUT2D eigenvalue weighted by Crippen LogP contribution is 2.01. The Morgan fingerprint density at radius 1 is 1.25 bits per heavy atom. The van der Waals surface area contributed by atoms with Crippen molar-refractivity contribution in [3.05, 3.63) is 66.0 Å². The highest BCUT2D eigenvalue weighted by molar-refractivity contribution is 5.98. The minimum atomic E-state index is -0.586. The molecule has 0 radical (unpaired) electrons. The molecule has 20 heavy (non-hydrogen) atoms. The van der Waals surface area contributed by atoms with Crippen molar-refractivity contribution in [3.63, 3.8) is 0 Å². The Morgan fingerprint density at radius 2 is 2.05 bits per heavy atom. The zero-order chi connectivity index (χ0) is 14.2. The molecule has 0 spiro atoms. The molecule has 0 saturated carbocycles. The van der Waals surface area contributed by atoms with Gasteiger partial charge in [0.25, 0.3) is 0 Å². The van der Waals surface area contributed by atoms with Crippen LogP contribution in [0.2, 0.25) is 0 Å². The molecule has 102 valence electrons. The third kappa shape index (κ3) is 4.20. The molecule has 5 nitrogen and oxygen atoms in total. The topological polar surface area (TPSA) is 63.6 Å². The van der Waals surface area contributed by atoms with E-state index in [0.717, 1.165) is 11.1 Å². The summed E-state index contributed by atoms with van der Waals surface area (Å²) in [7, 11) is 0. The minimum Gasteiger partial charge on any atom is -0.443 e. The van der Waals surface area contributed by atoms with E-state index in [1.165, 1.54) is 0 Å². The number of carbonyl (C=O) groups excluding carboxylic acids is 1. The standard InChI is InChI=1S/C15H15N3O2/c1-12(14-8-5-9-16-10-14)17-18-15(19)20-11-13-6-3-2-4-7-13/h2-10H,11H2,1H3,(H,18,19). The lowest BCUT2D eigenvalue weighted by Crippen LogP contribution is -2.20. The molecule has 1 amide bonds. The SMILES string of the molecule is CC(=NNC(=O)OCc1ccccc1)c1cccnc1. The van der Waals surface area contributed by atoms with Crippen molar-refractivity contribution in [3.8, 4) is 0 Å². The van der Waals surface area contributed by atoms with Gasteiger partial charge in [-0.3, -0.25) is 4.98 Å². The normalized spacial score (nSPS) is 10.9. The number of hydrogen-bond donors (Lipinski definition) is 1. The predicted octanol–water partition coefficient (Wildman–Crippen LogP) is 2.73. The van der Waals surface area contributed by atoms with E-state index in [0.29, 0.717) is 5.71 Å². The van der Waals surface area contributed by atoms with Gasteiger partial charge in [0.1, 0.15) is 6.61 Å². The summed E-state index contributed by atoms with van der Waals surface area (Å²) in [5.74, 6) is 0. The molecular formula is C15H15N3O2. The first-order chi connectivity index (χ1) is 9.75. The van der Waals surface area contributed by atoms with Gasteiger partial charge in [0, 0.05) is 18.0 Å². The van der Waals surface area contributed by atoms with Crippen molar-refractivity contribution in [2.75, 3.05) is 0 Å². The zero-order valence-electron chi connectivity index (χ0n) is 11.1. The van der Waals surface area contributed by atoms with Crippen LogP contribution in [0.1, 0.15) is 18.1 Å². The van der Waals surface area contributed by atoms with Gasteiger partial charge in [0.15, 0.2) is 0 Å². The number of aromatic nitrogens is 1. The van der Waals surface area contributed by atoms with Gasteiger partial charge in [0.2, 0.25) is 0 Å². The number of hydrazone groups is 1. The first-order valence-electron chi connectivity index (χ1n) is 6.17. The molecule has 1 aromatic heterocycles. The number of nitrogens with one attached hydrogen (secondary N) is 1. The molecule has 0 atom stereocenters. The number of carbonyl (C=O) groups is 1. The lowest BCUT2D eigenvalue weighted by molar-refractivity contribution is 0.140. The molecule has 5 heteroatoms. The maximum Gasteiger partial charge on any atom is 0.428 e. The van der Waals surface area contributed by atoms with Gasteiger partial charge in [-0.05, 0) is 18.6 Å². The molecule has 0 aliphatic carbocycles. The lowest BCUT2D eigenvalue weighted by atomic mass is 10.2. The van der Waals surface area contributed by atoms with E-state index in [9.17, 15) is 4.79 Å². The van der Waals surface area contributed by atoms with Crippen molar-refractivity contribution in [2.24, 2.45) is 5.10 Å². The Morgan fingerprint density at radius 3 is 2.75 bits per heavy atom. The second-order valence-corrected chi connectivity index (χ2v) is 4.11. The van der Waals surface area contributed by atoms with Crippen LogP contribution < -0.4 is 5.43 Å². The molecule has 0 bridgehead atoms. The monoisotopic (exact) mass is 269 g/mol. The van der Waals surface area contributed by atoms with Crippen LogP contribution in [0.4, 0.5) is 4.79 Å². The maximum absolute atomic E-state index is 11.5. The third-order valence-electron chi connectivity index (χ3n) is 2.61. The van der Waals surface area contributed by atoms with Crippen LogP contribution in [0.25, 0.3) is 0 Å². The van der Waals surface area contributed by atoms with Crippen LogP contribution >= 0.6 is 0 Å². The van der Waals surface area contributed by atoms with Crippen molar-refractivity contribution in [1.29, 1.82) is 0 Å². The van der Waals surface area contributed by atoms with Gasteiger partial charge in [0.05, 0.1) is 5.71 Å². The van der Waals surface area contributed by atoms with E-state index in [4.69, 9.17) is 4.74 Å². The highest BCUT2D eigenvalue weighted by atomic mass is 16.5. The van der Waals surface area contributed by atoms with E-state index >= 15 is 0 Å². The molecule has 1 N–H and O–H groups in total. The molecule has 1 heterocycles. The molecule has 0 aliphatic heterocycles. The molecule has 1 aromatic carbocycles. The fraction of sp³-hybridized carbons (Fsp3) is 0.133. The summed E-state index contributed by atoms with van der Waals surface area (Å²) in [5.41, 5.74) is 4.78.